The summed E-state index contributed by atoms with van der Waals surface area (Å²) in [5.41, 5.74) is 2.82. The van der Waals surface area contributed by atoms with Gasteiger partial charge in [-0.3, -0.25) is 9.59 Å². The number of carbonyl (C=O) groups excluding carboxylic acids is 2. The van der Waals surface area contributed by atoms with E-state index in [1.54, 1.807) is 37.4 Å². The molecule has 5 rings (SSSR count). The Morgan fingerprint density at radius 2 is 1.89 bits per heavy atom. The number of ether oxygens (including phenoxy) is 2. The van der Waals surface area contributed by atoms with Crippen molar-refractivity contribution < 1.29 is 19.1 Å². The van der Waals surface area contributed by atoms with Crippen molar-refractivity contribution in [2.45, 2.75) is 44.6 Å². The molecule has 0 unspecified atom stereocenters. The number of hydrogen-bond donors (Lipinski definition) is 1. The second-order valence-corrected chi connectivity index (χ2v) is 9.93. The van der Waals surface area contributed by atoms with E-state index >= 15 is 0 Å². The van der Waals surface area contributed by atoms with E-state index in [0.717, 1.165) is 42.7 Å². The highest BCUT2D eigenvalue weighted by atomic mass is 32.1. The van der Waals surface area contributed by atoms with Crippen LogP contribution in [-0.2, 0) is 0 Å². The Morgan fingerprint density at radius 3 is 2.67 bits per heavy atom. The van der Waals surface area contributed by atoms with Gasteiger partial charge in [-0.05, 0) is 86.4 Å². The minimum atomic E-state index is -0.199. The highest BCUT2D eigenvalue weighted by Crippen LogP contribution is 2.33. The SMILES string of the molecule is COc1ccc(C2=NN(C(=O)c3cccc(NC(=O)c4cccs4)c3)CCC2)cc1OC1CCCC1. The Kier molecular flexibility index (Phi) is 7.32. The molecule has 0 bridgehead atoms. The van der Waals surface area contributed by atoms with Crippen molar-refractivity contribution in [3.8, 4) is 11.5 Å². The van der Waals surface area contributed by atoms with Gasteiger partial charge < -0.3 is 14.8 Å². The molecule has 2 amide bonds. The summed E-state index contributed by atoms with van der Waals surface area (Å²) >= 11 is 1.37. The maximum absolute atomic E-state index is 13.3. The molecule has 0 atom stereocenters. The number of hydrogen-bond acceptors (Lipinski definition) is 6. The van der Waals surface area contributed by atoms with Crippen molar-refractivity contribution in [1.29, 1.82) is 0 Å². The number of rotatable bonds is 7. The molecule has 0 radical (unpaired) electrons. The van der Waals surface area contributed by atoms with Gasteiger partial charge in [-0.25, -0.2) is 5.01 Å². The van der Waals surface area contributed by atoms with E-state index in [1.807, 2.05) is 29.6 Å². The third-order valence-corrected chi connectivity index (χ3v) is 7.33. The quantitative estimate of drug-likeness (QED) is 0.431. The third-order valence-electron chi connectivity index (χ3n) is 6.46. The predicted octanol–water partition coefficient (Wildman–Crippen LogP) is 5.97. The van der Waals surface area contributed by atoms with Crippen LogP contribution in [0.15, 0.2) is 65.1 Å². The number of benzene rings is 2. The van der Waals surface area contributed by atoms with Crippen LogP contribution in [0.25, 0.3) is 0 Å². The molecule has 8 heteroatoms. The summed E-state index contributed by atoms with van der Waals surface area (Å²) in [5.74, 6) is 1.04. The lowest BCUT2D eigenvalue weighted by molar-refractivity contribution is 0.0751. The Labute approximate surface area is 214 Å². The Balaban J connectivity index is 1.33. The fourth-order valence-corrected chi connectivity index (χ4v) is 5.22. The van der Waals surface area contributed by atoms with Crippen LogP contribution < -0.4 is 14.8 Å². The summed E-state index contributed by atoms with van der Waals surface area (Å²) in [6.07, 6.45) is 6.30. The topological polar surface area (TPSA) is 80.2 Å². The average Bonchev–Trinajstić information content (AvgIpc) is 3.63. The van der Waals surface area contributed by atoms with E-state index in [0.29, 0.717) is 28.4 Å². The number of hydrazone groups is 1. The third kappa shape index (κ3) is 5.44. The Bertz CT molecular complexity index is 1270. The van der Waals surface area contributed by atoms with Crippen LogP contribution in [0.1, 0.15) is 64.1 Å². The van der Waals surface area contributed by atoms with Gasteiger partial charge in [0.1, 0.15) is 0 Å². The molecule has 7 nitrogen and oxygen atoms in total. The largest absolute Gasteiger partial charge is 0.493 e. The molecular formula is C28H29N3O4S. The zero-order valence-corrected chi connectivity index (χ0v) is 21.1. The molecule has 1 aliphatic carbocycles. The van der Waals surface area contributed by atoms with Gasteiger partial charge in [0.15, 0.2) is 11.5 Å². The molecule has 2 aliphatic rings. The Morgan fingerprint density at radius 1 is 1.03 bits per heavy atom. The zero-order chi connectivity index (χ0) is 24.9. The minimum Gasteiger partial charge on any atom is -0.493 e. The molecule has 0 spiro atoms. The molecule has 186 valence electrons. The van der Waals surface area contributed by atoms with Crippen LogP contribution in [0.3, 0.4) is 0 Å². The molecule has 1 N–H and O–H groups in total. The molecule has 2 aromatic carbocycles. The first-order chi connectivity index (χ1) is 17.6. The number of nitrogens with one attached hydrogen (secondary N) is 1. The van der Waals surface area contributed by atoms with Gasteiger partial charge in [0.05, 0.1) is 23.8 Å². The van der Waals surface area contributed by atoms with Crippen LogP contribution >= 0.6 is 11.3 Å². The standard InChI is InChI=1S/C28H29N3O4S/c1-34-24-14-13-19(18-25(24)35-22-9-2-3-10-22)23-11-5-15-31(30-23)28(33)20-7-4-8-21(17-20)29-27(32)26-12-6-16-36-26/h4,6-8,12-14,16-18,22H,2-3,5,9-11,15H2,1H3,(H,29,32). The fraction of sp³-hybridized carbons (Fsp3) is 0.321. The lowest BCUT2D eigenvalue weighted by atomic mass is 10.0. The molecule has 1 aliphatic heterocycles. The summed E-state index contributed by atoms with van der Waals surface area (Å²) in [6.45, 7) is 0.537. The summed E-state index contributed by atoms with van der Waals surface area (Å²) in [4.78, 5) is 26.3. The van der Waals surface area contributed by atoms with Gasteiger partial charge in [0.25, 0.3) is 11.8 Å². The van der Waals surface area contributed by atoms with Gasteiger partial charge >= 0.3 is 0 Å². The first-order valence-corrected chi connectivity index (χ1v) is 13.2. The lowest BCUT2D eigenvalue weighted by Gasteiger charge is -2.24. The summed E-state index contributed by atoms with van der Waals surface area (Å²) in [7, 11) is 1.64. The van der Waals surface area contributed by atoms with Crippen LogP contribution in [-0.4, -0.2) is 42.3 Å². The molecular weight excluding hydrogens is 474 g/mol. The van der Waals surface area contributed by atoms with E-state index in [1.165, 1.54) is 29.2 Å². The van der Waals surface area contributed by atoms with Crippen molar-refractivity contribution in [2.75, 3.05) is 19.0 Å². The van der Waals surface area contributed by atoms with Crippen molar-refractivity contribution in [3.63, 3.8) is 0 Å². The fourth-order valence-electron chi connectivity index (χ4n) is 4.60. The van der Waals surface area contributed by atoms with Crippen molar-refractivity contribution in [3.05, 3.63) is 76.0 Å². The predicted molar refractivity (Wildman–Crippen MR) is 141 cm³/mol. The maximum atomic E-state index is 13.3. The minimum absolute atomic E-state index is 0.192. The molecule has 1 fully saturated rings. The molecule has 1 saturated carbocycles. The summed E-state index contributed by atoms with van der Waals surface area (Å²) in [6, 6.07) is 16.4. The molecule has 1 aromatic heterocycles. The van der Waals surface area contributed by atoms with Gasteiger partial charge in [-0.2, -0.15) is 5.10 Å². The van der Waals surface area contributed by atoms with Crippen molar-refractivity contribution in [1.82, 2.24) is 5.01 Å². The van der Waals surface area contributed by atoms with E-state index in [4.69, 9.17) is 14.6 Å². The maximum Gasteiger partial charge on any atom is 0.274 e. The molecule has 2 heterocycles. The van der Waals surface area contributed by atoms with Crippen LogP contribution in [0.5, 0.6) is 11.5 Å². The second kappa shape index (κ2) is 11.0. The van der Waals surface area contributed by atoms with Crippen LogP contribution in [0.4, 0.5) is 5.69 Å². The monoisotopic (exact) mass is 503 g/mol. The van der Waals surface area contributed by atoms with Crippen LogP contribution in [0, 0.1) is 0 Å². The van der Waals surface area contributed by atoms with Gasteiger partial charge in [0, 0.05) is 23.4 Å². The average molecular weight is 504 g/mol. The van der Waals surface area contributed by atoms with E-state index < -0.39 is 0 Å². The first kappa shape index (κ1) is 24.1. The van der Waals surface area contributed by atoms with Crippen molar-refractivity contribution >= 4 is 34.6 Å². The number of anilines is 1. The van der Waals surface area contributed by atoms with Gasteiger partial charge in [-0.15, -0.1) is 11.3 Å². The molecule has 36 heavy (non-hydrogen) atoms. The highest BCUT2D eigenvalue weighted by Gasteiger charge is 2.23. The number of nitrogens with zero attached hydrogens (tertiary/aromatic N) is 2. The Hall–Kier alpha value is -3.65. The number of methoxy groups -OCH3 is 1. The van der Waals surface area contributed by atoms with E-state index in [9.17, 15) is 9.59 Å². The lowest BCUT2D eigenvalue weighted by Crippen LogP contribution is -2.32. The van der Waals surface area contributed by atoms with Crippen molar-refractivity contribution in [2.24, 2.45) is 5.10 Å². The van der Waals surface area contributed by atoms with E-state index in [2.05, 4.69) is 5.32 Å². The normalized spacial score (nSPS) is 15.9. The molecule has 0 saturated heterocycles. The summed E-state index contributed by atoms with van der Waals surface area (Å²) in [5, 5.41) is 10.9. The highest BCUT2D eigenvalue weighted by molar-refractivity contribution is 7.12. The zero-order valence-electron chi connectivity index (χ0n) is 20.2. The van der Waals surface area contributed by atoms with Crippen LogP contribution in [0.2, 0.25) is 0 Å². The van der Waals surface area contributed by atoms with Gasteiger partial charge in [-0.1, -0.05) is 12.1 Å². The first-order valence-electron chi connectivity index (χ1n) is 12.3. The number of carbonyl (C=O) groups is 2. The van der Waals surface area contributed by atoms with E-state index in [-0.39, 0.29) is 17.9 Å². The van der Waals surface area contributed by atoms with Gasteiger partial charge in [0.2, 0.25) is 0 Å². The smallest absolute Gasteiger partial charge is 0.274 e. The second-order valence-electron chi connectivity index (χ2n) is 8.98. The number of thiophene rings is 1. The number of amides is 2. The summed E-state index contributed by atoms with van der Waals surface area (Å²) < 4.78 is 11.8. The molecule has 3 aromatic rings.